The molecule has 1 aromatic carbocycles. The first kappa shape index (κ1) is 18.8. The van der Waals surface area contributed by atoms with E-state index in [1.54, 1.807) is 4.90 Å². The van der Waals surface area contributed by atoms with E-state index in [4.69, 9.17) is 11.6 Å². The minimum Gasteiger partial charge on any atom is -0.336 e. The highest BCUT2D eigenvalue weighted by atomic mass is 35.5. The fraction of sp³-hybridized carbons (Fsp3) is 0.389. The van der Waals surface area contributed by atoms with Gasteiger partial charge in [0, 0.05) is 23.7 Å². The van der Waals surface area contributed by atoms with Gasteiger partial charge in [-0.1, -0.05) is 25.4 Å². The van der Waals surface area contributed by atoms with Gasteiger partial charge in [0.2, 0.25) is 5.91 Å². The van der Waals surface area contributed by atoms with Crippen molar-refractivity contribution >= 4 is 27.3 Å². The molecule has 2 heterocycles. The highest BCUT2D eigenvalue weighted by molar-refractivity contribution is 7.92. The number of halogens is 1. The predicted octanol–water partition coefficient (Wildman–Crippen LogP) is 2.61. The number of hydrogen-bond acceptors (Lipinski definition) is 5. The fourth-order valence-electron chi connectivity index (χ4n) is 2.79. The predicted molar refractivity (Wildman–Crippen MR) is 98.7 cm³/mol. The van der Waals surface area contributed by atoms with Crippen LogP contribution >= 0.6 is 11.6 Å². The Balaban J connectivity index is 1.75. The fourth-order valence-corrected chi connectivity index (χ4v) is 4.14. The second-order valence-electron chi connectivity index (χ2n) is 6.63. The number of aromatic nitrogens is 2. The third-order valence-corrected chi connectivity index (χ3v) is 6.19. The van der Waals surface area contributed by atoms with Gasteiger partial charge in [-0.2, -0.15) is 0 Å². The maximum absolute atomic E-state index is 12.6. The summed E-state index contributed by atoms with van der Waals surface area (Å²) in [5.74, 6) is -0.0645. The first-order valence-corrected chi connectivity index (χ1v) is 10.4. The number of fused-ring (bicyclic) bond motifs is 1. The van der Waals surface area contributed by atoms with Gasteiger partial charge in [0.15, 0.2) is 9.84 Å². The Kier molecular flexibility index (Phi) is 5.29. The Morgan fingerprint density at radius 1 is 1.27 bits per heavy atom. The molecule has 0 unspecified atom stereocenters. The number of rotatable bonds is 4. The van der Waals surface area contributed by atoms with Gasteiger partial charge in [-0.15, -0.1) is 0 Å². The van der Waals surface area contributed by atoms with Gasteiger partial charge < -0.3 is 4.90 Å². The third kappa shape index (κ3) is 4.04. The Morgan fingerprint density at radius 3 is 2.62 bits per heavy atom. The lowest BCUT2D eigenvalue weighted by molar-refractivity contribution is -0.129. The van der Waals surface area contributed by atoms with E-state index in [1.807, 2.05) is 20.0 Å². The third-order valence-electron chi connectivity index (χ3n) is 4.32. The normalized spacial score (nSPS) is 14.4. The average molecular weight is 394 g/mol. The van der Waals surface area contributed by atoms with Crippen LogP contribution in [0.1, 0.15) is 36.8 Å². The van der Waals surface area contributed by atoms with E-state index in [9.17, 15) is 13.2 Å². The molecule has 0 fully saturated rings. The van der Waals surface area contributed by atoms with Gasteiger partial charge >= 0.3 is 0 Å². The Labute approximate surface area is 158 Å². The Hall–Kier alpha value is -1.99. The van der Waals surface area contributed by atoms with Crippen LogP contribution in [0.2, 0.25) is 5.02 Å². The number of hydrogen-bond donors (Lipinski definition) is 0. The van der Waals surface area contributed by atoms with E-state index >= 15 is 0 Å². The zero-order chi connectivity index (χ0) is 18.9. The molecule has 0 radical (unpaired) electrons. The van der Waals surface area contributed by atoms with Crippen molar-refractivity contribution in [2.24, 2.45) is 0 Å². The molecule has 0 N–H and O–H groups in total. The molecule has 1 aliphatic heterocycles. The van der Waals surface area contributed by atoms with Gasteiger partial charge in [0.1, 0.15) is 11.6 Å². The van der Waals surface area contributed by atoms with E-state index in [1.165, 1.54) is 24.3 Å². The lowest BCUT2D eigenvalue weighted by atomic mass is 10.1. The maximum Gasteiger partial charge on any atom is 0.238 e. The standard InChI is InChI=1S/C18H20ClN3O3S/c1-12(2)18-20-9-13-7-8-22(10-16(13)21-18)17(23)11-26(24,25)15-5-3-14(19)4-6-15/h3-6,9,12H,7-8,10-11H2,1-2H3. The van der Waals surface area contributed by atoms with Crippen molar-refractivity contribution in [3.05, 3.63) is 52.6 Å². The lowest BCUT2D eigenvalue weighted by Gasteiger charge is -2.28. The molecule has 26 heavy (non-hydrogen) atoms. The summed E-state index contributed by atoms with van der Waals surface area (Å²) in [6.07, 6.45) is 2.43. The molecule has 1 aromatic heterocycles. The van der Waals surface area contributed by atoms with Gasteiger partial charge in [-0.25, -0.2) is 18.4 Å². The number of sulfone groups is 1. The molecule has 0 saturated heterocycles. The van der Waals surface area contributed by atoms with Crippen LogP contribution in [0.5, 0.6) is 0 Å². The molecule has 6 nitrogen and oxygen atoms in total. The first-order chi connectivity index (χ1) is 12.3. The summed E-state index contributed by atoms with van der Waals surface area (Å²) in [5.41, 5.74) is 1.81. The summed E-state index contributed by atoms with van der Waals surface area (Å²) in [4.78, 5) is 23.1. The number of carbonyl (C=O) groups excluding carboxylic acids is 1. The number of nitrogens with zero attached hydrogens (tertiary/aromatic N) is 3. The van der Waals surface area contributed by atoms with Crippen molar-refractivity contribution in [1.82, 2.24) is 14.9 Å². The minimum atomic E-state index is -3.71. The molecule has 0 spiro atoms. The van der Waals surface area contributed by atoms with E-state index < -0.39 is 21.5 Å². The summed E-state index contributed by atoms with van der Waals surface area (Å²) < 4.78 is 24.9. The van der Waals surface area contributed by atoms with Crippen molar-refractivity contribution < 1.29 is 13.2 Å². The minimum absolute atomic E-state index is 0.0945. The van der Waals surface area contributed by atoms with Crippen molar-refractivity contribution in [2.75, 3.05) is 12.3 Å². The van der Waals surface area contributed by atoms with Crippen LogP contribution in [0.15, 0.2) is 35.4 Å². The van der Waals surface area contributed by atoms with Gasteiger partial charge in [-0.05, 0) is 36.2 Å². The largest absolute Gasteiger partial charge is 0.336 e. The second kappa shape index (κ2) is 7.32. The SMILES string of the molecule is CC(C)c1ncc2c(n1)CN(C(=O)CS(=O)(=O)c1ccc(Cl)cc1)CC2. The molecular weight excluding hydrogens is 374 g/mol. The summed E-state index contributed by atoms with van der Waals surface area (Å²) in [5, 5.41) is 0.448. The second-order valence-corrected chi connectivity index (χ2v) is 9.06. The maximum atomic E-state index is 12.6. The van der Waals surface area contributed by atoms with Crippen LogP contribution in [-0.2, 0) is 27.6 Å². The zero-order valence-electron chi connectivity index (χ0n) is 14.6. The van der Waals surface area contributed by atoms with Crippen LogP contribution < -0.4 is 0 Å². The first-order valence-electron chi connectivity index (χ1n) is 8.37. The molecule has 2 aromatic rings. The van der Waals surface area contributed by atoms with E-state index in [0.29, 0.717) is 24.5 Å². The molecule has 0 bridgehead atoms. The highest BCUT2D eigenvalue weighted by Gasteiger charge is 2.27. The van der Waals surface area contributed by atoms with Crippen LogP contribution in [0.3, 0.4) is 0 Å². The quantitative estimate of drug-likeness (QED) is 0.797. The van der Waals surface area contributed by atoms with E-state index in [2.05, 4.69) is 9.97 Å². The summed E-state index contributed by atoms with van der Waals surface area (Å²) in [7, 11) is -3.71. The Morgan fingerprint density at radius 2 is 1.96 bits per heavy atom. The van der Waals surface area contributed by atoms with Gasteiger partial charge in [0.05, 0.1) is 17.1 Å². The molecule has 1 amide bonds. The average Bonchev–Trinajstić information content (AvgIpc) is 2.60. The lowest BCUT2D eigenvalue weighted by Crippen LogP contribution is -2.40. The molecule has 0 saturated carbocycles. The van der Waals surface area contributed by atoms with Crippen molar-refractivity contribution in [3.63, 3.8) is 0 Å². The smallest absolute Gasteiger partial charge is 0.238 e. The van der Waals surface area contributed by atoms with Crippen LogP contribution in [0.25, 0.3) is 0 Å². The highest BCUT2D eigenvalue weighted by Crippen LogP contribution is 2.21. The van der Waals surface area contributed by atoms with Crippen LogP contribution in [0.4, 0.5) is 0 Å². The van der Waals surface area contributed by atoms with Crippen molar-refractivity contribution in [2.45, 2.75) is 37.6 Å². The van der Waals surface area contributed by atoms with Gasteiger partial charge in [0.25, 0.3) is 0 Å². The summed E-state index contributed by atoms with van der Waals surface area (Å²) in [6.45, 7) is 4.79. The Bertz CT molecular complexity index is 927. The molecule has 0 atom stereocenters. The molecule has 0 aliphatic carbocycles. The monoisotopic (exact) mass is 393 g/mol. The number of carbonyl (C=O) groups is 1. The molecule has 8 heteroatoms. The summed E-state index contributed by atoms with van der Waals surface area (Å²) in [6, 6.07) is 5.83. The zero-order valence-corrected chi connectivity index (χ0v) is 16.2. The molecule has 3 rings (SSSR count). The molecule has 1 aliphatic rings. The van der Waals surface area contributed by atoms with E-state index in [-0.39, 0.29) is 10.8 Å². The number of benzene rings is 1. The van der Waals surface area contributed by atoms with Crippen molar-refractivity contribution in [3.8, 4) is 0 Å². The van der Waals surface area contributed by atoms with Crippen LogP contribution in [-0.4, -0.2) is 41.5 Å². The van der Waals surface area contributed by atoms with Crippen LogP contribution in [0, 0.1) is 0 Å². The topological polar surface area (TPSA) is 80.2 Å². The molecule has 138 valence electrons. The summed E-state index contributed by atoms with van der Waals surface area (Å²) >= 11 is 5.79. The molecular formula is C18H20ClN3O3S. The number of amides is 1. The van der Waals surface area contributed by atoms with Gasteiger partial charge in [-0.3, -0.25) is 4.79 Å². The van der Waals surface area contributed by atoms with E-state index in [0.717, 1.165) is 17.1 Å². The van der Waals surface area contributed by atoms with Crippen molar-refractivity contribution in [1.29, 1.82) is 0 Å².